The number of sulfone groups is 1. The molecule has 2 heterocycles. The van der Waals surface area contributed by atoms with Gasteiger partial charge >= 0.3 is 5.51 Å². The number of nitrogens with one attached hydrogen (secondary N) is 1. The summed E-state index contributed by atoms with van der Waals surface area (Å²) in [6.45, 7) is 2.39. The summed E-state index contributed by atoms with van der Waals surface area (Å²) in [5.74, 6) is 0. The van der Waals surface area contributed by atoms with Crippen LogP contribution in [0.4, 0.5) is 24.5 Å². The second-order valence-electron chi connectivity index (χ2n) is 6.70. The van der Waals surface area contributed by atoms with Crippen molar-refractivity contribution in [2.24, 2.45) is 5.14 Å². The molecule has 0 spiro atoms. The van der Waals surface area contributed by atoms with Crippen molar-refractivity contribution in [1.29, 1.82) is 0 Å². The van der Waals surface area contributed by atoms with Gasteiger partial charge in [0.05, 0.1) is 23.4 Å². The Hall–Kier alpha value is -2.84. The Morgan fingerprint density at radius 2 is 1.77 bits per heavy atom. The van der Waals surface area contributed by atoms with E-state index in [4.69, 9.17) is 5.14 Å². The Balaban J connectivity index is 1.77. The highest BCUT2D eigenvalue weighted by Gasteiger charge is 2.46. The molecular formula is C17H18F3N5O4S2. The second kappa shape index (κ2) is 8.01. The molecule has 0 bridgehead atoms. The molecule has 168 valence electrons. The van der Waals surface area contributed by atoms with Gasteiger partial charge in [-0.15, -0.1) is 0 Å². The lowest BCUT2D eigenvalue weighted by atomic mass is 10.2. The minimum absolute atomic E-state index is 0.220. The van der Waals surface area contributed by atoms with Crippen molar-refractivity contribution in [3.05, 3.63) is 60.2 Å². The average molecular weight is 477 g/mol. The molecule has 0 saturated carbocycles. The van der Waals surface area contributed by atoms with E-state index in [1.54, 1.807) is 24.1 Å². The molecule has 9 nitrogen and oxygen atoms in total. The molecule has 0 unspecified atom stereocenters. The maximum absolute atomic E-state index is 12.7. The molecule has 1 aromatic carbocycles. The smallest absolute Gasteiger partial charge is 0.351 e. The third-order valence-corrected chi connectivity index (χ3v) is 6.48. The zero-order valence-corrected chi connectivity index (χ0v) is 17.7. The minimum Gasteiger partial charge on any atom is -0.351 e. The highest BCUT2D eigenvalue weighted by molar-refractivity contribution is 7.92. The third-order valence-electron chi connectivity index (χ3n) is 4.47. The zero-order valence-electron chi connectivity index (χ0n) is 16.0. The monoisotopic (exact) mass is 477 g/mol. The molecule has 3 N–H and O–H groups in total. The number of aromatic nitrogens is 1. The molecule has 1 aromatic heterocycles. The summed E-state index contributed by atoms with van der Waals surface area (Å²) in [6.07, 6.45) is 4.56. The predicted molar refractivity (Wildman–Crippen MR) is 107 cm³/mol. The van der Waals surface area contributed by atoms with E-state index in [9.17, 15) is 30.0 Å². The van der Waals surface area contributed by atoms with Crippen LogP contribution in [-0.4, -0.2) is 38.9 Å². The molecular weight excluding hydrogens is 459 g/mol. The summed E-state index contributed by atoms with van der Waals surface area (Å²) >= 11 is 0. The van der Waals surface area contributed by atoms with Crippen LogP contribution in [0.25, 0.3) is 0 Å². The SMILES string of the molecule is CC1=CN(c2ccc(S(=O)(=O)C(F)(F)F)cc2)CN1Cc1ccncc1NS(N)(=O)=O. The summed E-state index contributed by atoms with van der Waals surface area (Å²) in [5, 5.41) is 5.03. The van der Waals surface area contributed by atoms with Gasteiger partial charge in [0.25, 0.3) is 20.0 Å². The molecule has 3 rings (SSSR count). The van der Waals surface area contributed by atoms with Crippen molar-refractivity contribution in [1.82, 2.24) is 9.88 Å². The third kappa shape index (κ3) is 5.08. The van der Waals surface area contributed by atoms with Crippen molar-refractivity contribution in [3.63, 3.8) is 0 Å². The number of halogens is 3. The highest BCUT2D eigenvalue weighted by atomic mass is 32.2. The molecule has 0 atom stereocenters. The first-order valence-corrected chi connectivity index (χ1v) is 11.7. The number of allylic oxidation sites excluding steroid dienone is 1. The fourth-order valence-electron chi connectivity index (χ4n) is 2.94. The Morgan fingerprint density at radius 1 is 1.13 bits per heavy atom. The molecule has 2 aromatic rings. The summed E-state index contributed by atoms with van der Waals surface area (Å²) in [4.78, 5) is 6.63. The number of nitrogens with zero attached hydrogens (tertiary/aromatic N) is 3. The van der Waals surface area contributed by atoms with Crippen LogP contribution in [0.1, 0.15) is 12.5 Å². The number of alkyl halides is 3. The standard InChI is InChI=1S/C17H18F3N5O4S2/c1-12-9-25(14-2-4-15(5-3-14)30(26,27)17(18,19)20)11-24(12)10-13-6-7-22-8-16(13)23-31(21,28)29/h2-9,23H,10-11H2,1H3,(H2,21,28,29). The largest absolute Gasteiger partial charge is 0.501 e. The van der Waals surface area contributed by atoms with Gasteiger partial charge in [0.15, 0.2) is 0 Å². The number of benzene rings is 1. The number of anilines is 2. The molecule has 0 saturated heterocycles. The zero-order chi connectivity index (χ0) is 23.0. The Morgan fingerprint density at radius 3 is 2.35 bits per heavy atom. The lowest BCUT2D eigenvalue weighted by molar-refractivity contribution is -0.0436. The lowest BCUT2D eigenvalue weighted by Gasteiger charge is -2.24. The van der Waals surface area contributed by atoms with Gasteiger partial charge in [-0.05, 0) is 42.8 Å². The van der Waals surface area contributed by atoms with Crippen LogP contribution in [0, 0.1) is 0 Å². The molecule has 1 aliphatic rings. The summed E-state index contributed by atoms with van der Waals surface area (Å²) in [6, 6.07) is 6.00. The van der Waals surface area contributed by atoms with Crippen molar-refractivity contribution in [3.8, 4) is 0 Å². The fourth-order valence-corrected chi connectivity index (χ4v) is 4.19. The van der Waals surface area contributed by atoms with Crippen molar-refractivity contribution in [2.45, 2.75) is 23.9 Å². The van der Waals surface area contributed by atoms with Gasteiger partial charge in [-0.1, -0.05) is 0 Å². The molecule has 14 heteroatoms. The van der Waals surface area contributed by atoms with E-state index in [-0.39, 0.29) is 5.69 Å². The fraction of sp³-hybridized carbons (Fsp3) is 0.235. The second-order valence-corrected chi connectivity index (χ2v) is 9.94. The number of nitrogens with two attached hydrogens (primary N) is 1. The van der Waals surface area contributed by atoms with Gasteiger partial charge in [-0.3, -0.25) is 9.71 Å². The predicted octanol–water partition coefficient (Wildman–Crippen LogP) is 2.13. The first-order valence-electron chi connectivity index (χ1n) is 8.63. The summed E-state index contributed by atoms with van der Waals surface area (Å²) in [5.41, 5.74) is -3.27. The number of hydrogen-bond donors (Lipinski definition) is 2. The molecule has 0 radical (unpaired) electrons. The molecule has 1 aliphatic heterocycles. The van der Waals surface area contributed by atoms with Crippen molar-refractivity contribution >= 4 is 31.4 Å². The maximum atomic E-state index is 12.7. The van der Waals surface area contributed by atoms with E-state index in [0.717, 1.165) is 17.8 Å². The molecule has 0 aliphatic carbocycles. The number of rotatable bonds is 6. The van der Waals surface area contributed by atoms with Gasteiger partial charge in [0, 0.05) is 30.3 Å². The first kappa shape index (κ1) is 22.8. The normalized spacial score (nSPS) is 15.2. The van der Waals surface area contributed by atoms with Gasteiger partial charge in [-0.25, -0.2) is 13.6 Å². The van der Waals surface area contributed by atoms with Crippen LogP contribution in [0.5, 0.6) is 0 Å². The average Bonchev–Trinajstić information content (AvgIpc) is 3.02. The van der Waals surface area contributed by atoms with E-state index >= 15 is 0 Å². The van der Waals surface area contributed by atoms with E-state index in [2.05, 4.69) is 9.71 Å². The summed E-state index contributed by atoms with van der Waals surface area (Å²) < 4.78 is 86.0. The van der Waals surface area contributed by atoms with Gasteiger partial charge in [0.1, 0.15) is 0 Å². The molecule has 0 fully saturated rings. The number of pyridine rings is 1. The first-order chi connectivity index (χ1) is 14.3. The van der Waals surface area contributed by atoms with E-state index in [0.29, 0.717) is 24.5 Å². The molecule has 31 heavy (non-hydrogen) atoms. The lowest BCUT2D eigenvalue weighted by Crippen LogP contribution is -2.27. The minimum atomic E-state index is -5.42. The quantitative estimate of drug-likeness (QED) is 0.653. The van der Waals surface area contributed by atoms with Crippen LogP contribution in [0.2, 0.25) is 0 Å². The van der Waals surface area contributed by atoms with Crippen LogP contribution in [0.3, 0.4) is 0 Å². The highest BCUT2D eigenvalue weighted by Crippen LogP contribution is 2.32. The topological polar surface area (TPSA) is 126 Å². The number of hydrogen-bond acceptors (Lipinski definition) is 7. The van der Waals surface area contributed by atoms with E-state index in [1.807, 2.05) is 4.90 Å². The van der Waals surface area contributed by atoms with Crippen LogP contribution >= 0.6 is 0 Å². The van der Waals surface area contributed by atoms with E-state index < -0.39 is 30.5 Å². The maximum Gasteiger partial charge on any atom is 0.501 e. The van der Waals surface area contributed by atoms with Crippen LogP contribution < -0.4 is 14.8 Å². The Labute approximate surface area is 177 Å². The van der Waals surface area contributed by atoms with Gasteiger partial charge in [-0.2, -0.15) is 21.6 Å². The van der Waals surface area contributed by atoms with Gasteiger partial charge in [0.2, 0.25) is 0 Å². The molecule has 0 amide bonds. The van der Waals surface area contributed by atoms with Crippen molar-refractivity contribution < 1.29 is 30.0 Å². The van der Waals surface area contributed by atoms with Gasteiger partial charge < -0.3 is 9.80 Å². The van der Waals surface area contributed by atoms with E-state index in [1.165, 1.54) is 24.5 Å². The van der Waals surface area contributed by atoms with Crippen molar-refractivity contribution in [2.75, 3.05) is 16.3 Å². The van der Waals surface area contributed by atoms with Crippen LogP contribution in [-0.2, 0) is 26.6 Å². The van der Waals surface area contributed by atoms with Crippen LogP contribution in [0.15, 0.2) is 59.5 Å². The Bertz CT molecular complexity index is 1210. The summed E-state index contributed by atoms with van der Waals surface area (Å²) in [7, 11) is -9.41. The Kier molecular flexibility index (Phi) is 5.90.